The molecule has 0 saturated carbocycles. The lowest BCUT2D eigenvalue weighted by molar-refractivity contribution is -0.136. The number of hydrogen-bond donors (Lipinski definition) is 2. The Balaban J connectivity index is 1.93. The summed E-state index contributed by atoms with van der Waals surface area (Å²) in [7, 11) is 1.54. The Morgan fingerprint density at radius 2 is 1.96 bits per heavy atom. The second kappa shape index (κ2) is 10.2. The van der Waals surface area contributed by atoms with Crippen LogP contribution in [0.2, 0.25) is 5.02 Å². The van der Waals surface area contributed by atoms with Crippen LogP contribution in [-0.4, -0.2) is 31.7 Å². The first kappa shape index (κ1) is 20.3. The molecule has 0 radical (unpaired) electrons. The molecule has 2 N–H and O–H groups in total. The molecule has 27 heavy (non-hydrogen) atoms. The molecule has 0 bridgehead atoms. The lowest BCUT2D eigenvalue weighted by Gasteiger charge is -2.10. The van der Waals surface area contributed by atoms with Gasteiger partial charge < -0.3 is 14.8 Å². The van der Waals surface area contributed by atoms with Crippen LogP contribution in [0.3, 0.4) is 0 Å². The van der Waals surface area contributed by atoms with E-state index in [1.165, 1.54) is 19.4 Å². The van der Waals surface area contributed by atoms with E-state index in [1.54, 1.807) is 36.4 Å². The minimum Gasteiger partial charge on any atom is -0.493 e. The zero-order chi connectivity index (χ0) is 19.6. The summed E-state index contributed by atoms with van der Waals surface area (Å²) in [6.07, 6.45) is 2.28. The molecule has 7 nitrogen and oxygen atoms in total. The van der Waals surface area contributed by atoms with Crippen LogP contribution in [0.25, 0.3) is 0 Å². The van der Waals surface area contributed by atoms with Crippen LogP contribution < -0.4 is 20.2 Å². The number of amides is 2. The molecular weight excluding hydrogens is 370 g/mol. The topological polar surface area (TPSA) is 89.0 Å². The summed E-state index contributed by atoms with van der Waals surface area (Å²) in [6, 6.07) is 11.7. The second-order valence-electron chi connectivity index (χ2n) is 5.42. The molecule has 0 aliphatic heterocycles. The van der Waals surface area contributed by atoms with Crippen LogP contribution >= 0.6 is 11.6 Å². The molecule has 0 fully saturated rings. The van der Waals surface area contributed by atoms with Gasteiger partial charge in [0.2, 0.25) is 0 Å². The van der Waals surface area contributed by atoms with Gasteiger partial charge in [-0.1, -0.05) is 24.6 Å². The van der Waals surface area contributed by atoms with Gasteiger partial charge in [0.1, 0.15) is 0 Å². The van der Waals surface area contributed by atoms with Crippen molar-refractivity contribution in [3.63, 3.8) is 0 Å². The number of hydrazone groups is 1. The van der Waals surface area contributed by atoms with Gasteiger partial charge in [-0.05, 0) is 48.4 Å². The summed E-state index contributed by atoms with van der Waals surface area (Å²) in [4.78, 5) is 23.6. The molecule has 142 valence electrons. The number of nitrogens with zero attached hydrogens (tertiary/aromatic N) is 1. The summed E-state index contributed by atoms with van der Waals surface area (Å²) in [5.74, 6) is -0.574. The number of anilines is 1. The first-order chi connectivity index (χ1) is 13.0. The Hall–Kier alpha value is -3.06. The van der Waals surface area contributed by atoms with Crippen molar-refractivity contribution < 1.29 is 19.1 Å². The van der Waals surface area contributed by atoms with Crippen LogP contribution in [0.5, 0.6) is 11.5 Å². The molecule has 2 aromatic rings. The van der Waals surface area contributed by atoms with Crippen molar-refractivity contribution in [2.24, 2.45) is 5.10 Å². The predicted octanol–water partition coefficient (Wildman–Crippen LogP) is 3.23. The van der Waals surface area contributed by atoms with Crippen molar-refractivity contribution >= 4 is 35.3 Å². The third kappa shape index (κ3) is 6.31. The smallest absolute Gasteiger partial charge is 0.329 e. The van der Waals surface area contributed by atoms with E-state index < -0.39 is 11.8 Å². The highest BCUT2D eigenvalue weighted by molar-refractivity contribution is 6.39. The van der Waals surface area contributed by atoms with Crippen LogP contribution in [0.1, 0.15) is 18.9 Å². The highest BCUT2D eigenvalue weighted by Gasteiger charge is 2.13. The molecule has 2 rings (SSSR count). The molecule has 8 heteroatoms. The zero-order valence-corrected chi connectivity index (χ0v) is 15.7. The first-order valence-corrected chi connectivity index (χ1v) is 8.62. The maximum absolute atomic E-state index is 11.8. The molecule has 0 aliphatic rings. The van der Waals surface area contributed by atoms with Gasteiger partial charge >= 0.3 is 11.8 Å². The van der Waals surface area contributed by atoms with Gasteiger partial charge in [0, 0.05) is 10.7 Å². The summed E-state index contributed by atoms with van der Waals surface area (Å²) >= 11 is 5.83. The lowest BCUT2D eigenvalue weighted by Crippen LogP contribution is -2.32. The van der Waals surface area contributed by atoms with E-state index in [4.69, 9.17) is 21.1 Å². The Labute approximate surface area is 162 Å². The number of carbonyl (C=O) groups excluding carboxylic acids is 2. The number of rotatable bonds is 7. The van der Waals surface area contributed by atoms with E-state index in [2.05, 4.69) is 15.8 Å². The Morgan fingerprint density at radius 1 is 1.15 bits per heavy atom. The number of methoxy groups -OCH3 is 1. The summed E-state index contributed by atoms with van der Waals surface area (Å²) < 4.78 is 10.8. The zero-order valence-electron chi connectivity index (χ0n) is 15.0. The fraction of sp³-hybridized carbons (Fsp3) is 0.211. The predicted molar refractivity (Wildman–Crippen MR) is 105 cm³/mol. The average Bonchev–Trinajstić information content (AvgIpc) is 2.66. The van der Waals surface area contributed by atoms with E-state index in [-0.39, 0.29) is 0 Å². The van der Waals surface area contributed by atoms with Crippen molar-refractivity contribution in [3.8, 4) is 11.5 Å². The van der Waals surface area contributed by atoms with Crippen LogP contribution in [0.15, 0.2) is 47.6 Å². The molecule has 2 amide bonds. The van der Waals surface area contributed by atoms with Crippen molar-refractivity contribution in [2.45, 2.75) is 13.3 Å². The van der Waals surface area contributed by atoms with Crippen LogP contribution in [-0.2, 0) is 9.59 Å². The molecule has 2 aromatic carbocycles. The van der Waals surface area contributed by atoms with Crippen molar-refractivity contribution in [1.82, 2.24) is 5.43 Å². The Bertz CT molecular complexity index is 839. The first-order valence-electron chi connectivity index (χ1n) is 8.24. The van der Waals surface area contributed by atoms with Gasteiger partial charge in [-0.15, -0.1) is 0 Å². The van der Waals surface area contributed by atoms with Gasteiger partial charge in [-0.3, -0.25) is 9.59 Å². The number of ether oxygens (including phenoxy) is 2. The third-order valence-corrected chi connectivity index (χ3v) is 3.55. The van der Waals surface area contributed by atoms with E-state index >= 15 is 0 Å². The number of hydrogen-bond acceptors (Lipinski definition) is 5. The SMILES string of the molecule is CCCOc1ccc(/C=N\NC(=O)C(=O)Nc2cccc(Cl)c2)cc1OC. The van der Waals surface area contributed by atoms with Gasteiger partial charge in [0.15, 0.2) is 11.5 Å². The Kier molecular flexibility index (Phi) is 7.63. The van der Waals surface area contributed by atoms with E-state index in [9.17, 15) is 9.59 Å². The Morgan fingerprint density at radius 3 is 2.67 bits per heavy atom. The van der Waals surface area contributed by atoms with E-state index in [0.29, 0.717) is 34.4 Å². The van der Waals surface area contributed by atoms with Gasteiger partial charge in [0.05, 0.1) is 19.9 Å². The van der Waals surface area contributed by atoms with Gasteiger partial charge in [0.25, 0.3) is 0 Å². The fourth-order valence-corrected chi connectivity index (χ4v) is 2.26. The quantitative estimate of drug-likeness (QED) is 0.432. The number of benzene rings is 2. The molecule has 0 atom stereocenters. The van der Waals surface area contributed by atoms with Crippen LogP contribution in [0, 0.1) is 0 Å². The standard InChI is InChI=1S/C19H20ClN3O4/c1-3-9-27-16-8-7-13(10-17(16)26-2)12-21-23-19(25)18(24)22-15-6-4-5-14(20)11-15/h4-8,10-12H,3,9H2,1-2H3,(H,22,24)(H,23,25)/b21-12-. The largest absolute Gasteiger partial charge is 0.493 e. The van der Waals surface area contributed by atoms with Crippen molar-refractivity contribution in [3.05, 3.63) is 53.1 Å². The minimum atomic E-state index is -0.902. The molecule has 0 spiro atoms. The summed E-state index contributed by atoms with van der Waals surface area (Å²) in [6.45, 7) is 2.60. The van der Waals surface area contributed by atoms with Crippen molar-refractivity contribution in [1.29, 1.82) is 0 Å². The molecule has 0 unspecified atom stereocenters. The molecule has 0 aromatic heterocycles. The monoisotopic (exact) mass is 389 g/mol. The number of halogens is 1. The highest BCUT2D eigenvalue weighted by atomic mass is 35.5. The van der Waals surface area contributed by atoms with Gasteiger partial charge in [-0.2, -0.15) is 5.10 Å². The molecule has 0 saturated heterocycles. The molecule has 0 aliphatic carbocycles. The molecular formula is C19H20ClN3O4. The fourth-order valence-electron chi connectivity index (χ4n) is 2.07. The lowest BCUT2D eigenvalue weighted by atomic mass is 10.2. The number of nitrogens with one attached hydrogen (secondary N) is 2. The highest BCUT2D eigenvalue weighted by Crippen LogP contribution is 2.27. The van der Waals surface area contributed by atoms with E-state index in [1.807, 2.05) is 6.92 Å². The van der Waals surface area contributed by atoms with Crippen LogP contribution in [0.4, 0.5) is 5.69 Å². The summed E-state index contributed by atoms with van der Waals surface area (Å²) in [5, 5.41) is 6.66. The minimum absolute atomic E-state index is 0.416. The third-order valence-electron chi connectivity index (χ3n) is 3.32. The molecule has 0 heterocycles. The van der Waals surface area contributed by atoms with Gasteiger partial charge in [-0.25, -0.2) is 5.43 Å². The summed E-state index contributed by atoms with van der Waals surface area (Å²) in [5.41, 5.74) is 3.25. The second-order valence-corrected chi connectivity index (χ2v) is 5.86. The average molecular weight is 390 g/mol. The van der Waals surface area contributed by atoms with E-state index in [0.717, 1.165) is 6.42 Å². The number of carbonyl (C=O) groups is 2. The maximum Gasteiger partial charge on any atom is 0.329 e. The normalized spacial score (nSPS) is 10.5. The van der Waals surface area contributed by atoms with Crippen molar-refractivity contribution in [2.75, 3.05) is 19.0 Å². The maximum atomic E-state index is 11.8.